The Morgan fingerprint density at radius 3 is 2.70 bits per heavy atom. The highest BCUT2D eigenvalue weighted by Crippen LogP contribution is 2.35. The number of carbonyl (C=O) groups excluding carboxylic acids is 2. The average molecular weight is 406 g/mol. The van der Waals surface area contributed by atoms with Crippen LogP contribution in [0.4, 0.5) is 10.1 Å². The summed E-state index contributed by atoms with van der Waals surface area (Å²) in [6, 6.07) is 11.2. The Bertz CT molecular complexity index is 1150. The van der Waals surface area contributed by atoms with Crippen molar-refractivity contribution in [3.63, 3.8) is 0 Å². The maximum absolute atomic E-state index is 13.3. The van der Waals surface area contributed by atoms with E-state index in [1.165, 1.54) is 25.4 Å². The van der Waals surface area contributed by atoms with Crippen molar-refractivity contribution in [2.45, 2.75) is 12.6 Å². The first-order valence-electron chi connectivity index (χ1n) is 9.22. The van der Waals surface area contributed by atoms with Gasteiger partial charge in [-0.05, 0) is 41.0 Å². The molecule has 0 spiro atoms. The van der Waals surface area contributed by atoms with E-state index in [1.807, 2.05) is 18.2 Å². The minimum absolute atomic E-state index is 0.333. The van der Waals surface area contributed by atoms with Gasteiger partial charge in [-0.15, -0.1) is 0 Å². The molecule has 3 N–H and O–H groups in total. The van der Waals surface area contributed by atoms with E-state index >= 15 is 0 Å². The number of nitrogens with zero attached hydrogens (tertiary/aromatic N) is 2. The lowest BCUT2D eigenvalue weighted by Crippen LogP contribution is -2.36. The van der Waals surface area contributed by atoms with Gasteiger partial charge in [-0.2, -0.15) is 5.10 Å². The van der Waals surface area contributed by atoms with Gasteiger partial charge < -0.3 is 15.8 Å². The molecule has 2 aromatic carbocycles. The lowest BCUT2D eigenvalue weighted by Gasteiger charge is -2.25. The fourth-order valence-corrected chi connectivity index (χ4v) is 3.40. The summed E-state index contributed by atoms with van der Waals surface area (Å²) < 4.78 is 19.7. The number of hydrogen-bond donors (Lipinski definition) is 2. The third-order valence-corrected chi connectivity index (χ3v) is 4.88. The molecule has 0 bridgehead atoms. The predicted molar refractivity (Wildman–Crippen MR) is 109 cm³/mol. The highest BCUT2D eigenvalue weighted by molar-refractivity contribution is 5.96. The maximum Gasteiger partial charge on any atom is 0.341 e. The van der Waals surface area contributed by atoms with Crippen LogP contribution in [0.25, 0.3) is 5.57 Å². The SMILES string of the molecule is COC(=O)c1cnn(Cc2ccc3c(c2)NC(C(N)=O)C=C3c2ccc(F)cc2)c1. The van der Waals surface area contributed by atoms with Gasteiger partial charge in [0.25, 0.3) is 0 Å². The predicted octanol–water partition coefficient (Wildman–Crippen LogP) is 2.57. The van der Waals surface area contributed by atoms with E-state index in [1.54, 1.807) is 29.1 Å². The number of aromatic nitrogens is 2. The molecule has 152 valence electrons. The number of methoxy groups -OCH3 is 1. The first kappa shape index (κ1) is 19.4. The van der Waals surface area contributed by atoms with Gasteiger partial charge >= 0.3 is 5.97 Å². The zero-order valence-electron chi connectivity index (χ0n) is 16.1. The number of fused-ring (bicyclic) bond motifs is 1. The van der Waals surface area contributed by atoms with Gasteiger partial charge in [0.2, 0.25) is 5.91 Å². The van der Waals surface area contributed by atoms with Crippen LogP contribution >= 0.6 is 0 Å². The summed E-state index contributed by atoms with van der Waals surface area (Å²) in [5, 5.41) is 7.32. The smallest absolute Gasteiger partial charge is 0.341 e. The standard InChI is InChI=1S/C22H19FN4O3/c1-30-22(29)15-10-25-27(12-15)11-13-2-7-17-18(14-3-5-16(23)6-4-14)9-20(21(24)28)26-19(17)8-13/h2-10,12,20,26H,11H2,1H3,(H2,24,28). The molecule has 7 nitrogen and oxygen atoms in total. The second kappa shape index (κ2) is 7.82. The fourth-order valence-electron chi connectivity index (χ4n) is 3.40. The van der Waals surface area contributed by atoms with E-state index in [-0.39, 0.29) is 5.82 Å². The Morgan fingerprint density at radius 1 is 1.23 bits per heavy atom. The molecule has 0 saturated heterocycles. The van der Waals surface area contributed by atoms with E-state index in [2.05, 4.69) is 10.4 Å². The zero-order valence-corrected chi connectivity index (χ0v) is 16.1. The molecular weight excluding hydrogens is 387 g/mol. The molecule has 0 radical (unpaired) electrons. The van der Waals surface area contributed by atoms with Gasteiger partial charge in [-0.25, -0.2) is 9.18 Å². The molecular formula is C22H19FN4O3. The van der Waals surface area contributed by atoms with Crippen molar-refractivity contribution < 1.29 is 18.7 Å². The lowest BCUT2D eigenvalue weighted by molar-refractivity contribution is -0.117. The minimum atomic E-state index is -0.691. The molecule has 0 fully saturated rings. The molecule has 2 heterocycles. The average Bonchev–Trinajstić information content (AvgIpc) is 3.21. The molecule has 1 aromatic heterocycles. The van der Waals surface area contributed by atoms with Crippen LogP contribution < -0.4 is 11.1 Å². The first-order valence-corrected chi connectivity index (χ1v) is 9.22. The molecule has 1 atom stereocenters. The number of anilines is 1. The van der Waals surface area contributed by atoms with E-state index in [0.29, 0.717) is 12.1 Å². The quantitative estimate of drug-likeness (QED) is 0.635. The number of esters is 1. The van der Waals surface area contributed by atoms with Gasteiger partial charge in [0, 0.05) is 17.4 Å². The number of rotatable bonds is 5. The molecule has 1 aliphatic rings. The summed E-state index contributed by atoms with van der Waals surface area (Å²) in [5.74, 6) is -1.30. The topological polar surface area (TPSA) is 99.2 Å². The summed E-state index contributed by atoms with van der Waals surface area (Å²) in [5.41, 5.74) is 9.99. The molecule has 0 saturated carbocycles. The maximum atomic E-state index is 13.3. The Labute approximate surface area is 172 Å². The fraction of sp³-hybridized carbons (Fsp3) is 0.136. The molecule has 30 heavy (non-hydrogen) atoms. The van der Waals surface area contributed by atoms with Gasteiger partial charge in [0.15, 0.2) is 0 Å². The second-order valence-corrected chi connectivity index (χ2v) is 6.91. The highest BCUT2D eigenvalue weighted by atomic mass is 19.1. The Kier molecular flexibility index (Phi) is 5.05. The van der Waals surface area contributed by atoms with E-state index in [4.69, 9.17) is 10.5 Å². The van der Waals surface area contributed by atoms with Crippen molar-refractivity contribution in [2.75, 3.05) is 12.4 Å². The summed E-state index contributed by atoms with van der Waals surface area (Å²) in [4.78, 5) is 23.5. The Balaban J connectivity index is 1.67. The molecule has 4 rings (SSSR count). The summed E-state index contributed by atoms with van der Waals surface area (Å²) in [7, 11) is 1.32. The molecule has 3 aromatic rings. The van der Waals surface area contributed by atoms with Crippen LogP contribution in [0.1, 0.15) is 27.0 Å². The molecule has 0 aliphatic carbocycles. The van der Waals surface area contributed by atoms with E-state index in [9.17, 15) is 14.0 Å². The van der Waals surface area contributed by atoms with Gasteiger partial charge in [0.1, 0.15) is 11.9 Å². The number of halogens is 1. The summed E-state index contributed by atoms with van der Waals surface area (Å²) >= 11 is 0. The van der Waals surface area contributed by atoms with Gasteiger partial charge in [-0.1, -0.05) is 24.3 Å². The number of nitrogens with one attached hydrogen (secondary N) is 1. The second-order valence-electron chi connectivity index (χ2n) is 6.91. The number of nitrogens with two attached hydrogens (primary N) is 1. The van der Waals surface area contributed by atoms with E-state index in [0.717, 1.165) is 28.0 Å². The molecule has 1 aliphatic heterocycles. The number of amides is 1. The zero-order chi connectivity index (χ0) is 21.3. The number of ether oxygens (including phenoxy) is 1. The van der Waals surface area contributed by atoms with Crippen LogP contribution in [0.2, 0.25) is 0 Å². The molecule has 1 unspecified atom stereocenters. The number of hydrogen-bond acceptors (Lipinski definition) is 5. The molecule has 8 heteroatoms. The van der Waals surface area contributed by atoms with Crippen LogP contribution in [0.15, 0.2) is 60.9 Å². The summed E-state index contributed by atoms with van der Waals surface area (Å²) in [6.45, 7) is 0.419. The monoisotopic (exact) mass is 406 g/mol. The third-order valence-electron chi connectivity index (χ3n) is 4.88. The van der Waals surface area contributed by atoms with Crippen molar-refractivity contribution in [1.82, 2.24) is 9.78 Å². The van der Waals surface area contributed by atoms with Crippen molar-refractivity contribution >= 4 is 23.1 Å². The van der Waals surface area contributed by atoms with Crippen molar-refractivity contribution in [1.29, 1.82) is 0 Å². The number of primary amides is 1. The van der Waals surface area contributed by atoms with E-state index < -0.39 is 17.9 Å². The highest BCUT2D eigenvalue weighted by Gasteiger charge is 2.23. The minimum Gasteiger partial charge on any atom is -0.465 e. The van der Waals surface area contributed by atoms with Gasteiger partial charge in [-0.3, -0.25) is 9.48 Å². The van der Waals surface area contributed by atoms with Gasteiger partial charge in [0.05, 0.1) is 25.4 Å². The normalized spacial score (nSPS) is 15.0. The molecule has 1 amide bonds. The van der Waals surface area contributed by atoms with Crippen LogP contribution in [0.3, 0.4) is 0 Å². The van der Waals surface area contributed by atoms with Crippen molar-refractivity contribution in [2.24, 2.45) is 5.73 Å². The third kappa shape index (κ3) is 3.80. The van der Waals surface area contributed by atoms with Crippen LogP contribution in [-0.2, 0) is 16.1 Å². The number of benzene rings is 2. The van der Waals surface area contributed by atoms with Crippen molar-refractivity contribution in [3.8, 4) is 0 Å². The van der Waals surface area contributed by atoms with Crippen LogP contribution in [0.5, 0.6) is 0 Å². The first-order chi connectivity index (χ1) is 14.4. The van der Waals surface area contributed by atoms with Crippen LogP contribution in [0, 0.1) is 5.82 Å². The lowest BCUT2D eigenvalue weighted by atomic mass is 9.90. The van der Waals surface area contributed by atoms with Crippen LogP contribution in [-0.4, -0.2) is 34.8 Å². The Morgan fingerprint density at radius 2 is 2.00 bits per heavy atom. The largest absolute Gasteiger partial charge is 0.465 e. The number of carbonyl (C=O) groups is 2. The van der Waals surface area contributed by atoms with Crippen molar-refractivity contribution in [3.05, 3.63) is 89.0 Å². The Hall–Kier alpha value is -3.94. The summed E-state index contributed by atoms with van der Waals surface area (Å²) in [6.07, 6.45) is 4.80.